The van der Waals surface area contributed by atoms with Crippen LogP contribution >= 0.6 is 15.9 Å². The molecule has 1 amide bonds. The molecule has 7 heteroatoms. The van der Waals surface area contributed by atoms with Crippen molar-refractivity contribution in [2.75, 3.05) is 34.4 Å². The van der Waals surface area contributed by atoms with Crippen molar-refractivity contribution in [2.24, 2.45) is 5.10 Å². The molecule has 3 rings (SSSR count). The van der Waals surface area contributed by atoms with E-state index in [9.17, 15) is 4.79 Å². The van der Waals surface area contributed by atoms with Gasteiger partial charge in [0.1, 0.15) is 30.4 Å². The third-order valence-corrected chi connectivity index (χ3v) is 5.66. The predicted molar refractivity (Wildman–Crippen MR) is 110 cm³/mol. The van der Waals surface area contributed by atoms with Crippen LogP contribution in [0.25, 0.3) is 6.20 Å². The standard InChI is InChI=1S/C15H19BrN3O2.C5H12O/c1-18(10-20)12-3-5-19(6-4-12)9-11-7-13(16)15(21-2)8-14(11)17-19;1-5(2,3)6-4/h7-10,12H,3-6H2,1-2H3;1-4H3/q+1;. The van der Waals surface area contributed by atoms with Crippen molar-refractivity contribution in [3.8, 4) is 5.75 Å². The molecule has 2 aliphatic heterocycles. The van der Waals surface area contributed by atoms with Gasteiger partial charge in [0.15, 0.2) is 0 Å². The lowest BCUT2D eigenvalue weighted by atomic mass is 10.0. The average Bonchev–Trinajstić information content (AvgIpc) is 2.97. The molecule has 1 fully saturated rings. The van der Waals surface area contributed by atoms with E-state index < -0.39 is 0 Å². The quantitative estimate of drug-likeness (QED) is 0.534. The summed E-state index contributed by atoms with van der Waals surface area (Å²) in [5, 5.41) is 7.01. The zero-order chi connectivity index (χ0) is 20.2. The van der Waals surface area contributed by atoms with Crippen molar-refractivity contribution in [2.45, 2.75) is 45.3 Å². The highest BCUT2D eigenvalue weighted by molar-refractivity contribution is 9.10. The smallest absolute Gasteiger partial charge is 0.209 e. The Labute approximate surface area is 170 Å². The summed E-state index contributed by atoms with van der Waals surface area (Å²) in [7, 11) is 5.23. The van der Waals surface area contributed by atoms with Gasteiger partial charge in [-0.1, -0.05) is 5.10 Å². The number of fused-ring (bicyclic) bond motifs is 1. The number of ether oxygens (including phenoxy) is 2. The molecule has 0 unspecified atom stereocenters. The number of carbonyl (C=O) groups is 1. The summed E-state index contributed by atoms with van der Waals surface area (Å²) in [5.41, 5.74) is 0.0417. The number of hydrogen-bond acceptors (Lipinski definition) is 4. The van der Waals surface area contributed by atoms with E-state index in [1.165, 1.54) is 0 Å². The molecule has 0 bridgehead atoms. The topological polar surface area (TPSA) is 51.1 Å². The van der Waals surface area contributed by atoms with Crippen LogP contribution in [0.2, 0.25) is 0 Å². The number of quaternary nitrogens is 1. The summed E-state index contributed by atoms with van der Waals surface area (Å²) in [6.45, 7) is 7.92. The highest BCUT2D eigenvalue weighted by atomic mass is 79.9. The van der Waals surface area contributed by atoms with Crippen molar-refractivity contribution in [3.63, 3.8) is 0 Å². The van der Waals surface area contributed by atoms with Crippen LogP contribution < -0.4 is 15.3 Å². The van der Waals surface area contributed by atoms with E-state index in [0.29, 0.717) is 10.6 Å². The van der Waals surface area contributed by atoms with Gasteiger partial charge in [0.25, 0.3) is 0 Å². The molecule has 0 radical (unpaired) electrons. The first-order valence-corrected chi connectivity index (χ1v) is 9.98. The molecule has 0 aliphatic carbocycles. The van der Waals surface area contributed by atoms with E-state index in [0.717, 1.165) is 53.1 Å². The predicted octanol–water partition coefficient (Wildman–Crippen LogP) is 2.24. The number of benzene rings is 1. The number of carbonyl (C=O) groups excluding carboxylic acids is 1. The highest BCUT2D eigenvalue weighted by Gasteiger charge is 2.36. The summed E-state index contributed by atoms with van der Waals surface area (Å²) in [6.07, 6.45) is 5.08. The Morgan fingerprint density at radius 1 is 1.26 bits per heavy atom. The Balaban J connectivity index is 0.000000380. The normalized spacial score (nSPS) is 23.4. The van der Waals surface area contributed by atoms with Gasteiger partial charge in [-0.3, -0.25) is 4.79 Å². The van der Waals surface area contributed by atoms with Crippen molar-refractivity contribution < 1.29 is 18.9 Å². The van der Waals surface area contributed by atoms with Gasteiger partial charge < -0.3 is 14.4 Å². The maximum Gasteiger partial charge on any atom is 0.209 e. The summed E-state index contributed by atoms with van der Waals surface area (Å²) in [5.74, 6) is 0.807. The number of piperidine rings is 1. The van der Waals surface area contributed by atoms with Crippen molar-refractivity contribution in [1.82, 2.24) is 4.90 Å². The third kappa shape index (κ3) is 5.53. The molecule has 2 heterocycles. The van der Waals surface area contributed by atoms with Crippen molar-refractivity contribution >= 4 is 28.5 Å². The van der Waals surface area contributed by atoms with E-state index in [-0.39, 0.29) is 5.60 Å². The van der Waals surface area contributed by atoms with E-state index in [4.69, 9.17) is 14.6 Å². The molecule has 6 nitrogen and oxygen atoms in total. The Morgan fingerprint density at radius 2 is 1.85 bits per heavy atom. The molecule has 0 aromatic heterocycles. The van der Waals surface area contributed by atoms with Gasteiger partial charge in [-0.05, 0) is 42.8 Å². The highest BCUT2D eigenvalue weighted by Crippen LogP contribution is 2.26. The van der Waals surface area contributed by atoms with Gasteiger partial charge in [-0.15, -0.1) is 0 Å². The van der Waals surface area contributed by atoms with Crippen LogP contribution in [0.5, 0.6) is 5.75 Å². The molecule has 27 heavy (non-hydrogen) atoms. The van der Waals surface area contributed by atoms with Crippen LogP contribution in [-0.2, 0) is 9.53 Å². The second-order valence-corrected chi connectivity index (χ2v) is 8.88. The second kappa shape index (κ2) is 8.71. The molecular formula is C20H31BrN3O3+. The van der Waals surface area contributed by atoms with Gasteiger partial charge >= 0.3 is 0 Å². The van der Waals surface area contributed by atoms with E-state index in [1.807, 2.05) is 33.9 Å². The van der Waals surface area contributed by atoms with Crippen LogP contribution in [0.1, 0.15) is 33.6 Å². The minimum atomic E-state index is 0.0417. The molecule has 1 aromatic carbocycles. The number of methoxy groups -OCH3 is 2. The first kappa shape index (κ1) is 21.9. The van der Waals surface area contributed by atoms with E-state index >= 15 is 0 Å². The summed E-state index contributed by atoms with van der Waals surface area (Å²) in [4.78, 5) is 12.7. The number of halogens is 1. The van der Waals surface area contributed by atoms with Gasteiger partial charge in [0.05, 0.1) is 22.4 Å². The Bertz CT molecular complexity index is 781. The first-order valence-electron chi connectivity index (χ1n) is 9.19. The molecule has 1 saturated heterocycles. The van der Waals surface area contributed by atoms with Crippen LogP contribution in [0, 0.1) is 0 Å². The molecular weight excluding hydrogens is 410 g/mol. The first-order chi connectivity index (χ1) is 12.6. The van der Waals surface area contributed by atoms with Gasteiger partial charge in [-0.25, -0.2) is 0 Å². The van der Waals surface area contributed by atoms with Crippen LogP contribution in [0.4, 0.5) is 0 Å². The Hall–Kier alpha value is -1.44. The van der Waals surface area contributed by atoms with Crippen molar-refractivity contribution in [3.05, 3.63) is 27.2 Å². The summed E-state index contributed by atoms with van der Waals surface area (Å²) >= 11 is 3.52. The summed E-state index contributed by atoms with van der Waals surface area (Å²) in [6, 6.07) is 4.38. The zero-order valence-corrected chi connectivity index (χ0v) is 18.7. The lowest BCUT2D eigenvalue weighted by molar-refractivity contribution is -0.865. The maximum absolute atomic E-state index is 10.9. The number of rotatable bonds is 3. The molecule has 1 aromatic rings. The molecule has 0 N–H and O–H groups in total. The fourth-order valence-corrected chi connectivity index (χ4v) is 3.65. The molecule has 1 spiro atoms. The monoisotopic (exact) mass is 440 g/mol. The van der Waals surface area contributed by atoms with Gasteiger partial charge in [0.2, 0.25) is 6.41 Å². The van der Waals surface area contributed by atoms with E-state index in [2.05, 4.69) is 28.2 Å². The van der Waals surface area contributed by atoms with Gasteiger partial charge in [0, 0.05) is 39.1 Å². The molecule has 0 saturated carbocycles. The summed E-state index contributed by atoms with van der Waals surface area (Å²) < 4.78 is 11.9. The van der Waals surface area contributed by atoms with Crippen LogP contribution in [0.3, 0.4) is 0 Å². The zero-order valence-electron chi connectivity index (χ0n) is 17.2. The fraction of sp³-hybridized carbons (Fsp3) is 0.600. The Kier molecular flexibility index (Phi) is 7.05. The average molecular weight is 441 g/mol. The van der Waals surface area contributed by atoms with Crippen molar-refractivity contribution in [1.29, 1.82) is 0 Å². The maximum atomic E-state index is 10.9. The largest absolute Gasteiger partial charge is 0.495 e. The number of nitrogens with zero attached hydrogens (tertiary/aromatic N) is 3. The van der Waals surface area contributed by atoms with Gasteiger partial charge in [-0.2, -0.15) is 4.59 Å². The van der Waals surface area contributed by atoms with E-state index in [1.54, 1.807) is 19.1 Å². The Morgan fingerprint density at radius 3 is 2.33 bits per heavy atom. The number of hydrogen-bond donors (Lipinski definition) is 0. The van der Waals surface area contributed by atoms with Crippen LogP contribution in [-0.4, -0.2) is 61.9 Å². The lowest BCUT2D eigenvalue weighted by Gasteiger charge is -2.36. The molecule has 0 atom stereocenters. The lowest BCUT2D eigenvalue weighted by Crippen LogP contribution is -2.48. The number of amides is 1. The third-order valence-electron chi connectivity index (χ3n) is 5.04. The minimum Gasteiger partial charge on any atom is -0.495 e. The minimum absolute atomic E-state index is 0.0417. The SMILES string of the molecule is COC(C)(C)C.COc1cc2c(cc1Br)=C[N+]1(CCC(N(C)C=O)CC1)N=2. The van der Waals surface area contributed by atoms with Crippen LogP contribution in [0.15, 0.2) is 21.7 Å². The fourth-order valence-electron chi connectivity index (χ4n) is 3.13. The molecule has 2 aliphatic rings. The molecule has 150 valence electrons. The second-order valence-electron chi connectivity index (χ2n) is 8.03.